The Labute approximate surface area is 178 Å². The SMILES string of the molecule is N=CC1C=CC=CN1c1c(CN)cc(Cc2ccccc2)cc1Cc1ccccc1. The summed E-state index contributed by atoms with van der Waals surface area (Å²) in [4.78, 5) is 2.17. The lowest BCUT2D eigenvalue weighted by molar-refractivity contribution is 0.926. The number of allylic oxidation sites excluding steroid dienone is 2. The quantitative estimate of drug-likeness (QED) is 0.540. The van der Waals surface area contributed by atoms with Gasteiger partial charge >= 0.3 is 0 Å². The third-order valence-electron chi connectivity index (χ3n) is 5.45. The van der Waals surface area contributed by atoms with Crippen LogP contribution in [0.3, 0.4) is 0 Å². The Morgan fingerprint density at radius 3 is 2.07 bits per heavy atom. The number of nitrogens with two attached hydrogens (primary N) is 1. The van der Waals surface area contributed by atoms with Gasteiger partial charge in [0.1, 0.15) is 0 Å². The Morgan fingerprint density at radius 1 is 0.800 bits per heavy atom. The number of hydrogen-bond acceptors (Lipinski definition) is 3. The van der Waals surface area contributed by atoms with Crippen LogP contribution in [0, 0.1) is 5.41 Å². The summed E-state index contributed by atoms with van der Waals surface area (Å²) in [5.74, 6) is 0. The van der Waals surface area contributed by atoms with Crippen molar-refractivity contribution in [2.24, 2.45) is 5.73 Å². The highest BCUT2D eigenvalue weighted by Gasteiger charge is 2.21. The van der Waals surface area contributed by atoms with Crippen molar-refractivity contribution in [2.45, 2.75) is 25.4 Å². The van der Waals surface area contributed by atoms with Gasteiger partial charge in [-0.1, -0.05) is 84.9 Å². The minimum Gasteiger partial charge on any atom is -0.336 e. The maximum Gasteiger partial charge on any atom is 0.0867 e. The van der Waals surface area contributed by atoms with Gasteiger partial charge in [-0.3, -0.25) is 0 Å². The van der Waals surface area contributed by atoms with E-state index < -0.39 is 0 Å². The van der Waals surface area contributed by atoms with Crippen LogP contribution in [0.15, 0.2) is 97.2 Å². The highest BCUT2D eigenvalue weighted by atomic mass is 15.2. The van der Waals surface area contributed by atoms with Gasteiger partial charge in [-0.2, -0.15) is 0 Å². The number of anilines is 1. The summed E-state index contributed by atoms with van der Waals surface area (Å²) in [5.41, 5.74) is 13.5. The zero-order valence-corrected chi connectivity index (χ0v) is 17.0. The van der Waals surface area contributed by atoms with E-state index in [2.05, 4.69) is 71.8 Å². The molecule has 0 saturated carbocycles. The van der Waals surface area contributed by atoms with E-state index >= 15 is 0 Å². The lowest BCUT2D eigenvalue weighted by atomic mass is 9.93. The van der Waals surface area contributed by atoms with E-state index in [1.54, 1.807) is 0 Å². The summed E-state index contributed by atoms with van der Waals surface area (Å²) >= 11 is 0. The van der Waals surface area contributed by atoms with Gasteiger partial charge in [-0.05, 0) is 46.7 Å². The van der Waals surface area contributed by atoms with Crippen LogP contribution < -0.4 is 10.6 Å². The first-order valence-electron chi connectivity index (χ1n) is 10.3. The molecule has 0 saturated heterocycles. The molecule has 1 aliphatic rings. The van der Waals surface area contributed by atoms with Gasteiger partial charge in [0.25, 0.3) is 0 Å². The summed E-state index contributed by atoms with van der Waals surface area (Å²) in [6.45, 7) is 0.457. The first-order valence-corrected chi connectivity index (χ1v) is 10.3. The predicted molar refractivity (Wildman–Crippen MR) is 126 cm³/mol. The number of hydrogen-bond donors (Lipinski definition) is 2. The minimum absolute atomic E-state index is 0.102. The molecule has 1 aliphatic heterocycles. The van der Waals surface area contributed by atoms with Crippen LogP contribution in [0.2, 0.25) is 0 Å². The second-order valence-electron chi connectivity index (χ2n) is 7.58. The number of benzene rings is 3. The Hall–Kier alpha value is -3.43. The second-order valence-corrected chi connectivity index (χ2v) is 7.58. The van der Waals surface area contributed by atoms with Crippen molar-refractivity contribution in [1.29, 1.82) is 5.41 Å². The Kier molecular flexibility index (Phi) is 6.21. The molecule has 30 heavy (non-hydrogen) atoms. The molecule has 0 bridgehead atoms. The molecule has 3 nitrogen and oxygen atoms in total. The van der Waals surface area contributed by atoms with Crippen molar-refractivity contribution in [3.05, 3.63) is 125 Å². The van der Waals surface area contributed by atoms with E-state index in [0.29, 0.717) is 6.54 Å². The highest BCUT2D eigenvalue weighted by Crippen LogP contribution is 2.33. The van der Waals surface area contributed by atoms with E-state index in [1.807, 2.05) is 30.4 Å². The topological polar surface area (TPSA) is 53.1 Å². The lowest BCUT2D eigenvalue weighted by Gasteiger charge is -2.32. The van der Waals surface area contributed by atoms with Gasteiger partial charge in [0.15, 0.2) is 0 Å². The highest BCUT2D eigenvalue weighted by molar-refractivity contribution is 5.77. The standard InChI is InChI=1S/C27H27N3/c28-19-25-18-23(15-21-9-3-1-4-10-21)17-24(16-22-11-5-2-6-12-22)27(25)30-14-8-7-13-26(30)20-29/h1-14,17-18,20,26,29H,15-16,19,28H2. The first-order chi connectivity index (χ1) is 14.8. The van der Waals surface area contributed by atoms with Crippen LogP contribution in [0.25, 0.3) is 0 Å². The first kappa shape index (κ1) is 19.9. The molecule has 4 rings (SSSR count). The zero-order valence-electron chi connectivity index (χ0n) is 17.0. The Balaban J connectivity index is 1.81. The lowest BCUT2D eigenvalue weighted by Crippen LogP contribution is -2.33. The van der Waals surface area contributed by atoms with Gasteiger partial charge in [-0.15, -0.1) is 0 Å². The number of nitrogens with zero attached hydrogens (tertiary/aromatic N) is 1. The molecule has 1 atom stereocenters. The molecule has 0 aliphatic carbocycles. The second kappa shape index (κ2) is 9.38. The predicted octanol–water partition coefficient (Wildman–Crippen LogP) is 5.23. The largest absolute Gasteiger partial charge is 0.336 e. The van der Waals surface area contributed by atoms with Gasteiger partial charge in [0.05, 0.1) is 6.04 Å². The summed E-state index contributed by atoms with van der Waals surface area (Å²) in [5, 5.41) is 7.90. The van der Waals surface area contributed by atoms with Crippen LogP contribution >= 0.6 is 0 Å². The van der Waals surface area contributed by atoms with E-state index in [0.717, 1.165) is 24.1 Å². The van der Waals surface area contributed by atoms with E-state index in [4.69, 9.17) is 11.1 Å². The molecule has 0 spiro atoms. The van der Waals surface area contributed by atoms with Gasteiger partial charge in [0, 0.05) is 24.6 Å². The molecule has 0 fully saturated rings. The maximum absolute atomic E-state index is 7.90. The average molecular weight is 394 g/mol. The third kappa shape index (κ3) is 4.42. The molecule has 0 aromatic heterocycles. The minimum atomic E-state index is -0.102. The zero-order chi connectivity index (χ0) is 20.8. The summed E-state index contributed by atoms with van der Waals surface area (Å²) in [7, 11) is 0. The van der Waals surface area contributed by atoms with Crippen LogP contribution in [-0.2, 0) is 19.4 Å². The Bertz CT molecular complexity index is 1050. The van der Waals surface area contributed by atoms with Crippen molar-refractivity contribution >= 4 is 11.9 Å². The van der Waals surface area contributed by atoms with Gasteiger partial charge in [0.2, 0.25) is 0 Å². The van der Waals surface area contributed by atoms with E-state index in [9.17, 15) is 0 Å². The molecule has 1 heterocycles. The van der Waals surface area contributed by atoms with Crippen LogP contribution in [0.4, 0.5) is 5.69 Å². The summed E-state index contributed by atoms with van der Waals surface area (Å²) in [6.07, 6.45) is 11.3. The Morgan fingerprint density at radius 2 is 1.43 bits per heavy atom. The third-order valence-corrected chi connectivity index (χ3v) is 5.45. The molecule has 150 valence electrons. The fourth-order valence-corrected chi connectivity index (χ4v) is 4.08. The van der Waals surface area contributed by atoms with Crippen molar-refractivity contribution in [3.63, 3.8) is 0 Å². The molecule has 3 N–H and O–H groups in total. The molecule has 0 amide bonds. The van der Waals surface area contributed by atoms with Crippen molar-refractivity contribution in [2.75, 3.05) is 4.90 Å². The smallest absolute Gasteiger partial charge is 0.0867 e. The molecule has 3 heteroatoms. The monoisotopic (exact) mass is 393 g/mol. The fourth-order valence-electron chi connectivity index (χ4n) is 4.08. The number of nitrogens with one attached hydrogen (secondary N) is 1. The molecule has 3 aromatic rings. The van der Waals surface area contributed by atoms with Gasteiger partial charge < -0.3 is 16.0 Å². The van der Waals surface area contributed by atoms with Gasteiger partial charge in [-0.25, -0.2) is 0 Å². The molecule has 3 aromatic carbocycles. The maximum atomic E-state index is 7.90. The molecule has 0 radical (unpaired) electrons. The van der Waals surface area contributed by atoms with E-state index in [1.165, 1.54) is 28.5 Å². The van der Waals surface area contributed by atoms with Crippen molar-refractivity contribution in [1.82, 2.24) is 0 Å². The number of rotatable bonds is 7. The summed E-state index contributed by atoms with van der Waals surface area (Å²) in [6, 6.07) is 25.5. The molecular formula is C27H27N3. The van der Waals surface area contributed by atoms with Crippen LogP contribution in [0.5, 0.6) is 0 Å². The van der Waals surface area contributed by atoms with Crippen molar-refractivity contribution in [3.8, 4) is 0 Å². The van der Waals surface area contributed by atoms with E-state index in [-0.39, 0.29) is 6.04 Å². The average Bonchev–Trinajstić information content (AvgIpc) is 2.80. The molecular weight excluding hydrogens is 366 g/mol. The van der Waals surface area contributed by atoms with Crippen molar-refractivity contribution < 1.29 is 0 Å². The normalized spacial score (nSPS) is 15.4. The van der Waals surface area contributed by atoms with Crippen LogP contribution in [-0.4, -0.2) is 12.3 Å². The van der Waals surface area contributed by atoms with Crippen LogP contribution in [0.1, 0.15) is 27.8 Å². The molecule has 1 unspecified atom stereocenters. The fraction of sp³-hybridized carbons (Fsp3) is 0.148. The summed E-state index contributed by atoms with van der Waals surface area (Å²) < 4.78 is 0.